The topological polar surface area (TPSA) is 35.5 Å². The molecule has 1 atom stereocenters. The number of hydrogen-bond donors (Lipinski definition) is 2. The van der Waals surface area contributed by atoms with E-state index in [0.717, 1.165) is 25.7 Å². The van der Waals surface area contributed by atoms with Gasteiger partial charge in [0, 0.05) is 11.6 Å². The molecule has 0 amide bonds. The maximum atomic E-state index is 12.5. The first-order valence-corrected chi connectivity index (χ1v) is 8.02. The summed E-state index contributed by atoms with van der Waals surface area (Å²) >= 11 is 0. The summed E-state index contributed by atoms with van der Waals surface area (Å²) in [6, 6.07) is 0.485. The van der Waals surface area contributed by atoms with Gasteiger partial charge >= 0.3 is 6.18 Å². The molecule has 1 fully saturated rings. The van der Waals surface area contributed by atoms with Crippen molar-refractivity contribution in [3.63, 3.8) is 0 Å². The van der Waals surface area contributed by atoms with E-state index in [9.17, 15) is 18.3 Å². The summed E-state index contributed by atoms with van der Waals surface area (Å²) in [6.07, 6.45) is 1.04. The van der Waals surface area contributed by atoms with E-state index >= 15 is 0 Å². The molecule has 0 heterocycles. The van der Waals surface area contributed by atoms with Crippen LogP contribution in [0, 0.1) is 0 Å². The van der Waals surface area contributed by atoms with Gasteiger partial charge in [0.25, 0.3) is 0 Å². The van der Waals surface area contributed by atoms with Gasteiger partial charge in [0.2, 0.25) is 0 Å². The molecule has 1 aliphatic rings. The van der Waals surface area contributed by atoms with E-state index in [1.807, 2.05) is 13.8 Å². The van der Waals surface area contributed by atoms with Gasteiger partial charge in [-0.3, -0.25) is 4.90 Å². The van der Waals surface area contributed by atoms with Crippen LogP contribution in [-0.4, -0.2) is 54.0 Å². The fourth-order valence-electron chi connectivity index (χ4n) is 2.73. The number of halogens is 3. The van der Waals surface area contributed by atoms with Gasteiger partial charge in [-0.1, -0.05) is 13.8 Å². The zero-order valence-electron chi connectivity index (χ0n) is 13.2. The first kappa shape index (κ1) is 18.7. The van der Waals surface area contributed by atoms with Crippen molar-refractivity contribution in [2.45, 2.75) is 70.1 Å². The fourth-order valence-corrected chi connectivity index (χ4v) is 2.73. The van der Waals surface area contributed by atoms with Crippen LogP contribution in [0.4, 0.5) is 13.2 Å². The minimum atomic E-state index is -4.14. The lowest BCUT2D eigenvalue weighted by atomic mass is 9.91. The molecule has 0 bridgehead atoms. The molecular formula is C15H29F3N2O. The second-order valence-corrected chi connectivity index (χ2v) is 6.21. The summed E-state index contributed by atoms with van der Waals surface area (Å²) in [5.74, 6) is 0. The summed E-state index contributed by atoms with van der Waals surface area (Å²) < 4.78 is 37.5. The predicted octanol–water partition coefficient (Wildman–Crippen LogP) is 2.93. The summed E-state index contributed by atoms with van der Waals surface area (Å²) in [6.45, 7) is 4.02. The van der Waals surface area contributed by atoms with Crippen LogP contribution in [0.15, 0.2) is 0 Å². The average molecular weight is 310 g/mol. The van der Waals surface area contributed by atoms with Crippen LogP contribution in [0.1, 0.15) is 52.4 Å². The molecule has 1 unspecified atom stereocenters. The van der Waals surface area contributed by atoms with Crippen LogP contribution in [0.2, 0.25) is 0 Å². The summed E-state index contributed by atoms with van der Waals surface area (Å²) in [5.41, 5.74) is -0.322. The highest BCUT2D eigenvalue weighted by molar-refractivity contribution is 4.94. The van der Waals surface area contributed by atoms with Crippen molar-refractivity contribution in [3.05, 3.63) is 0 Å². The Morgan fingerprint density at radius 2 is 1.86 bits per heavy atom. The number of aliphatic hydroxyl groups excluding tert-OH is 1. The highest BCUT2D eigenvalue weighted by Gasteiger charge is 2.34. The van der Waals surface area contributed by atoms with Crippen LogP contribution in [0.3, 0.4) is 0 Å². The van der Waals surface area contributed by atoms with Gasteiger partial charge < -0.3 is 10.4 Å². The number of aliphatic hydroxyl groups is 1. The van der Waals surface area contributed by atoms with Gasteiger partial charge in [-0.2, -0.15) is 13.2 Å². The molecule has 1 saturated carbocycles. The van der Waals surface area contributed by atoms with E-state index in [0.29, 0.717) is 32.0 Å². The maximum absolute atomic E-state index is 12.5. The normalized spacial score (nSPS) is 19.0. The lowest BCUT2D eigenvalue weighted by molar-refractivity contribution is -0.146. The van der Waals surface area contributed by atoms with Crippen LogP contribution in [0.25, 0.3) is 0 Å². The summed E-state index contributed by atoms with van der Waals surface area (Å²) in [4.78, 5) is 1.47. The Balaban J connectivity index is 2.42. The molecule has 0 aromatic rings. The van der Waals surface area contributed by atoms with Gasteiger partial charge in [-0.15, -0.1) is 0 Å². The molecule has 0 aromatic heterocycles. The molecule has 0 saturated heterocycles. The Labute approximate surface area is 125 Å². The van der Waals surface area contributed by atoms with Crippen molar-refractivity contribution in [2.24, 2.45) is 0 Å². The Kier molecular flexibility index (Phi) is 7.44. The first-order valence-electron chi connectivity index (χ1n) is 8.02. The molecule has 0 radical (unpaired) electrons. The summed E-state index contributed by atoms with van der Waals surface area (Å²) in [7, 11) is 0. The molecule has 0 aromatic carbocycles. The largest absolute Gasteiger partial charge is 0.401 e. The molecular weight excluding hydrogens is 281 g/mol. The molecule has 0 aliphatic heterocycles. The SMILES string of the molecule is CCCN(CCCC(CC)(CO)NC1CC1)CC(F)(F)F. The van der Waals surface area contributed by atoms with E-state index in [2.05, 4.69) is 5.32 Å². The van der Waals surface area contributed by atoms with Gasteiger partial charge in [0.05, 0.1) is 13.2 Å². The maximum Gasteiger partial charge on any atom is 0.401 e. The van der Waals surface area contributed by atoms with Crippen molar-refractivity contribution < 1.29 is 18.3 Å². The third kappa shape index (κ3) is 7.47. The zero-order valence-corrected chi connectivity index (χ0v) is 13.2. The smallest absolute Gasteiger partial charge is 0.394 e. The molecule has 2 N–H and O–H groups in total. The Morgan fingerprint density at radius 1 is 1.19 bits per heavy atom. The predicted molar refractivity (Wildman–Crippen MR) is 78.3 cm³/mol. The Bertz CT molecular complexity index is 289. The number of nitrogens with zero attached hydrogens (tertiary/aromatic N) is 1. The number of nitrogens with one attached hydrogen (secondary N) is 1. The van der Waals surface area contributed by atoms with Gasteiger partial charge in [-0.05, 0) is 51.6 Å². The van der Waals surface area contributed by atoms with E-state index < -0.39 is 12.7 Å². The molecule has 6 heteroatoms. The number of rotatable bonds is 11. The second-order valence-electron chi connectivity index (χ2n) is 6.21. The van der Waals surface area contributed by atoms with Crippen LogP contribution < -0.4 is 5.32 Å². The molecule has 1 rings (SSSR count). The molecule has 1 aliphatic carbocycles. The lowest BCUT2D eigenvalue weighted by Gasteiger charge is -2.33. The van der Waals surface area contributed by atoms with Gasteiger partial charge in [0.15, 0.2) is 0 Å². The monoisotopic (exact) mass is 310 g/mol. The summed E-state index contributed by atoms with van der Waals surface area (Å²) in [5, 5.41) is 13.1. The van der Waals surface area contributed by atoms with E-state index in [-0.39, 0.29) is 12.1 Å². The lowest BCUT2D eigenvalue weighted by Crippen LogP contribution is -2.49. The average Bonchev–Trinajstić information content (AvgIpc) is 3.20. The van der Waals surface area contributed by atoms with Crippen molar-refractivity contribution >= 4 is 0 Å². The molecule has 126 valence electrons. The van der Waals surface area contributed by atoms with Crippen molar-refractivity contribution in [1.29, 1.82) is 0 Å². The third-order valence-electron chi connectivity index (χ3n) is 4.14. The zero-order chi connectivity index (χ0) is 15.9. The number of hydrogen-bond acceptors (Lipinski definition) is 3. The first-order chi connectivity index (χ1) is 9.84. The van der Waals surface area contributed by atoms with Gasteiger partial charge in [0.1, 0.15) is 0 Å². The standard InChI is InChI=1S/C15H29F3N2O/c1-3-9-20(11-15(16,17)18)10-5-8-14(4-2,12-21)19-13-6-7-13/h13,19,21H,3-12H2,1-2H3. The van der Waals surface area contributed by atoms with Crippen LogP contribution >= 0.6 is 0 Å². The van der Waals surface area contributed by atoms with Gasteiger partial charge in [-0.25, -0.2) is 0 Å². The van der Waals surface area contributed by atoms with E-state index in [1.54, 1.807) is 0 Å². The van der Waals surface area contributed by atoms with E-state index in [1.165, 1.54) is 4.90 Å². The minimum Gasteiger partial charge on any atom is -0.394 e. The quantitative estimate of drug-likeness (QED) is 0.616. The highest BCUT2D eigenvalue weighted by Crippen LogP contribution is 2.27. The van der Waals surface area contributed by atoms with Crippen molar-refractivity contribution in [1.82, 2.24) is 10.2 Å². The Hall–Kier alpha value is -0.330. The molecule has 21 heavy (non-hydrogen) atoms. The molecule has 3 nitrogen and oxygen atoms in total. The molecule has 0 spiro atoms. The fraction of sp³-hybridized carbons (Fsp3) is 1.00. The number of alkyl halides is 3. The highest BCUT2D eigenvalue weighted by atomic mass is 19.4. The minimum absolute atomic E-state index is 0.0487. The van der Waals surface area contributed by atoms with E-state index in [4.69, 9.17) is 0 Å². The third-order valence-corrected chi connectivity index (χ3v) is 4.14. The Morgan fingerprint density at radius 3 is 2.29 bits per heavy atom. The van der Waals surface area contributed by atoms with Crippen LogP contribution in [-0.2, 0) is 0 Å². The van der Waals surface area contributed by atoms with Crippen molar-refractivity contribution in [3.8, 4) is 0 Å². The van der Waals surface area contributed by atoms with Crippen LogP contribution in [0.5, 0.6) is 0 Å². The van der Waals surface area contributed by atoms with Crippen molar-refractivity contribution in [2.75, 3.05) is 26.2 Å². The second kappa shape index (κ2) is 8.34.